The van der Waals surface area contributed by atoms with Crippen LogP contribution in [0.4, 0.5) is 0 Å². The van der Waals surface area contributed by atoms with Crippen molar-refractivity contribution >= 4 is 22.0 Å². The molecule has 7 heteroatoms. The number of nitrogens with one attached hydrogen (secondary N) is 1. The van der Waals surface area contributed by atoms with Crippen LogP contribution in [0.3, 0.4) is 0 Å². The van der Waals surface area contributed by atoms with Gasteiger partial charge in [-0.3, -0.25) is 4.79 Å². The second-order valence-corrected chi connectivity index (χ2v) is 5.52. The maximum absolute atomic E-state index is 12.3. The van der Waals surface area contributed by atoms with Gasteiger partial charge in [0.15, 0.2) is 17.0 Å². The molecule has 7 nitrogen and oxygen atoms in total. The second kappa shape index (κ2) is 5.94. The van der Waals surface area contributed by atoms with Crippen molar-refractivity contribution in [1.82, 2.24) is 15.0 Å². The van der Waals surface area contributed by atoms with Crippen molar-refractivity contribution in [3.05, 3.63) is 58.5 Å². The third-order valence-electron chi connectivity index (χ3n) is 3.81. The Morgan fingerprint density at radius 1 is 1.20 bits per heavy atom. The quantitative estimate of drug-likeness (QED) is 0.616. The van der Waals surface area contributed by atoms with Gasteiger partial charge in [0.1, 0.15) is 23.9 Å². The zero-order valence-electron chi connectivity index (χ0n) is 13.7. The molecule has 0 fully saturated rings. The van der Waals surface area contributed by atoms with Crippen molar-refractivity contribution in [2.24, 2.45) is 0 Å². The van der Waals surface area contributed by atoms with Gasteiger partial charge in [0.2, 0.25) is 0 Å². The van der Waals surface area contributed by atoms with Crippen LogP contribution >= 0.6 is 0 Å². The topological polar surface area (TPSA) is 90.2 Å². The van der Waals surface area contributed by atoms with Gasteiger partial charge in [-0.25, -0.2) is 9.97 Å². The molecule has 0 saturated heterocycles. The van der Waals surface area contributed by atoms with Gasteiger partial charge in [-0.15, -0.1) is 0 Å². The molecule has 4 rings (SSSR count). The van der Waals surface area contributed by atoms with Gasteiger partial charge in [0.25, 0.3) is 5.56 Å². The van der Waals surface area contributed by atoms with Crippen molar-refractivity contribution in [1.29, 1.82) is 0 Å². The molecule has 126 valence electrons. The number of para-hydroxylation sites is 1. The monoisotopic (exact) mass is 337 g/mol. The average Bonchev–Trinajstić information content (AvgIpc) is 3.00. The number of benzene rings is 2. The van der Waals surface area contributed by atoms with Crippen LogP contribution in [-0.4, -0.2) is 22.1 Å². The third kappa shape index (κ3) is 2.80. The Labute approximate surface area is 142 Å². The van der Waals surface area contributed by atoms with Crippen LogP contribution in [0.25, 0.3) is 22.0 Å². The van der Waals surface area contributed by atoms with Gasteiger partial charge < -0.3 is 18.9 Å². The van der Waals surface area contributed by atoms with Gasteiger partial charge in [-0.2, -0.15) is 0 Å². The number of oxazole rings is 1. The highest BCUT2D eigenvalue weighted by atomic mass is 16.5. The van der Waals surface area contributed by atoms with E-state index >= 15 is 0 Å². The van der Waals surface area contributed by atoms with E-state index in [0.717, 1.165) is 0 Å². The fourth-order valence-electron chi connectivity index (χ4n) is 2.66. The second-order valence-electron chi connectivity index (χ2n) is 5.52. The van der Waals surface area contributed by atoms with E-state index in [9.17, 15) is 4.79 Å². The molecule has 25 heavy (non-hydrogen) atoms. The van der Waals surface area contributed by atoms with Crippen LogP contribution in [-0.2, 0) is 6.61 Å². The summed E-state index contributed by atoms with van der Waals surface area (Å²) in [5.74, 6) is 2.18. The first-order valence-corrected chi connectivity index (χ1v) is 7.70. The van der Waals surface area contributed by atoms with Crippen molar-refractivity contribution in [3.63, 3.8) is 0 Å². The standard InChI is InChI=1S/C18H15N3O4/c1-10-19-17-14(4-3-5-15(17)25-10)24-9-16-20-13-7-6-11(23-2)8-12(13)18(22)21-16/h3-8H,9H2,1-2H3,(H,20,21,22). The van der Waals surface area contributed by atoms with E-state index in [1.165, 1.54) is 0 Å². The molecule has 0 saturated carbocycles. The molecular formula is C18H15N3O4. The molecule has 0 unspecified atom stereocenters. The summed E-state index contributed by atoms with van der Waals surface area (Å²) in [6, 6.07) is 10.6. The molecule has 0 aliphatic heterocycles. The maximum atomic E-state index is 12.3. The summed E-state index contributed by atoms with van der Waals surface area (Å²) in [5, 5.41) is 0.470. The van der Waals surface area contributed by atoms with E-state index in [0.29, 0.717) is 45.2 Å². The molecule has 0 atom stereocenters. The van der Waals surface area contributed by atoms with Gasteiger partial charge in [0.05, 0.1) is 18.0 Å². The van der Waals surface area contributed by atoms with Crippen LogP contribution in [0.15, 0.2) is 45.6 Å². The molecule has 0 spiro atoms. The number of hydrogen-bond donors (Lipinski definition) is 1. The highest BCUT2D eigenvalue weighted by Gasteiger charge is 2.10. The van der Waals surface area contributed by atoms with Crippen LogP contribution in [0, 0.1) is 6.92 Å². The number of aromatic nitrogens is 3. The maximum Gasteiger partial charge on any atom is 0.258 e. The molecule has 2 aromatic heterocycles. The molecule has 2 heterocycles. The third-order valence-corrected chi connectivity index (χ3v) is 3.81. The Morgan fingerprint density at radius 3 is 2.92 bits per heavy atom. The lowest BCUT2D eigenvalue weighted by Crippen LogP contribution is -2.13. The first kappa shape index (κ1) is 15.2. The van der Waals surface area contributed by atoms with Crippen molar-refractivity contribution < 1.29 is 13.9 Å². The fraction of sp³-hybridized carbons (Fsp3) is 0.167. The number of hydrogen-bond acceptors (Lipinski definition) is 6. The number of methoxy groups -OCH3 is 1. The highest BCUT2D eigenvalue weighted by molar-refractivity contribution is 5.80. The minimum Gasteiger partial charge on any atom is -0.497 e. The van der Waals surface area contributed by atoms with Crippen LogP contribution in [0.2, 0.25) is 0 Å². The number of aromatic amines is 1. The molecule has 4 aromatic rings. The summed E-state index contributed by atoms with van der Waals surface area (Å²) in [5.41, 5.74) is 1.64. The van der Waals surface area contributed by atoms with Crippen molar-refractivity contribution in [3.8, 4) is 11.5 Å². The Kier molecular flexibility index (Phi) is 3.61. The van der Waals surface area contributed by atoms with Crippen LogP contribution < -0.4 is 15.0 Å². The molecule has 2 aromatic carbocycles. The van der Waals surface area contributed by atoms with E-state index in [1.54, 1.807) is 38.3 Å². The molecule has 1 N–H and O–H groups in total. The van der Waals surface area contributed by atoms with Crippen LogP contribution in [0.1, 0.15) is 11.7 Å². The highest BCUT2D eigenvalue weighted by Crippen LogP contribution is 2.26. The van der Waals surface area contributed by atoms with E-state index in [2.05, 4.69) is 15.0 Å². The summed E-state index contributed by atoms with van der Waals surface area (Å²) >= 11 is 0. The smallest absolute Gasteiger partial charge is 0.258 e. The van der Waals surface area contributed by atoms with Gasteiger partial charge in [-0.05, 0) is 30.3 Å². The zero-order valence-corrected chi connectivity index (χ0v) is 13.7. The summed E-state index contributed by atoms with van der Waals surface area (Å²) in [6.45, 7) is 1.89. The van der Waals surface area contributed by atoms with Gasteiger partial charge in [0, 0.05) is 6.92 Å². The lowest BCUT2D eigenvalue weighted by molar-refractivity contribution is 0.299. The Balaban J connectivity index is 1.65. The normalized spacial score (nSPS) is 11.1. The Morgan fingerprint density at radius 2 is 2.08 bits per heavy atom. The van der Waals surface area contributed by atoms with Crippen molar-refractivity contribution in [2.75, 3.05) is 7.11 Å². The molecular weight excluding hydrogens is 322 g/mol. The lowest BCUT2D eigenvalue weighted by Gasteiger charge is -2.07. The van der Waals surface area contributed by atoms with E-state index in [1.807, 2.05) is 12.1 Å². The number of ether oxygens (including phenoxy) is 2. The lowest BCUT2D eigenvalue weighted by atomic mass is 10.2. The first-order valence-electron chi connectivity index (χ1n) is 7.70. The van der Waals surface area contributed by atoms with E-state index < -0.39 is 0 Å². The molecule has 0 aliphatic carbocycles. The zero-order chi connectivity index (χ0) is 17.4. The largest absolute Gasteiger partial charge is 0.497 e. The van der Waals surface area contributed by atoms with E-state index in [-0.39, 0.29) is 12.2 Å². The number of rotatable bonds is 4. The summed E-state index contributed by atoms with van der Waals surface area (Å²) in [7, 11) is 1.55. The number of fused-ring (bicyclic) bond motifs is 2. The fourth-order valence-corrected chi connectivity index (χ4v) is 2.66. The Bertz CT molecular complexity index is 1130. The summed E-state index contributed by atoms with van der Waals surface area (Å²) in [6.07, 6.45) is 0. The van der Waals surface area contributed by atoms with Crippen molar-refractivity contribution in [2.45, 2.75) is 13.5 Å². The minimum atomic E-state index is -0.238. The van der Waals surface area contributed by atoms with Crippen LogP contribution in [0.5, 0.6) is 11.5 Å². The predicted molar refractivity (Wildman–Crippen MR) is 92.0 cm³/mol. The summed E-state index contributed by atoms with van der Waals surface area (Å²) in [4.78, 5) is 23.7. The van der Waals surface area contributed by atoms with E-state index in [4.69, 9.17) is 13.9 Å². The van der Waals surface area contributed by atoms with Gasteiger partial charge in [-0.1, -0.05) is 6.07 Å². The number of aryl methyl sites for hydroxylation is 1. The minimum absolute atomic E-state index is 0.113. The molecule has 0 amide bonds. The molecule has 0 aliphatic rings. The molecule has 0 radical (unpaired) electrons. The van der Waals surface area contributed by atoms with Gasteiger partial charge >= 0.3 is 0 Å². The average molecular weight is 337 g/mol. The number of H-pyrrole nitrogens is 1. The first-order chi connectivity index (χ1) is 12.1. The predicted octanol–water partition coefficient (Wildman–Crippen LogP) is 2.96. The SMILES string of the molecule is COc1ccc2nc(COc3cccc4oc(C)nc34)[nH]c(=O)c2c1. The Hall–Kier alpha value is -3.35. The summed E-state index contributed by atoms with van der Waals surface area (Å²) < 4.78 is 16.4. The number of nitrogens with zero attached hydrogens (tertiary/aromatic N) is 2. The molecule has 0 bridgehead atoms.